The first-order valence-corrected chi connectivity index (χ1v) is 8.44. The molecule has 0 bridgehead atoms. The minimum absolute atomic E-state index is 0.0625. The average molecular weight is 341 g/mol. The number of rotatable bonds is 5. The van der Waals surface area contributed by atoms with E-state index < -0.39 is 4.92 Å². The quantitative estimate of drug-likeness (QED) is 0.306. The Morgan fingerprint density at radius 3 is 2.75 bits per heavy atom. The van der Waals surface area contributed by atoms with Gasteiger partial charge in [0.15, 0.2) is 5.16 Å². The normalized spacial score (nSPS) is 10.9. The predicted molar refractivity (Wildman–Crippen MR) is 94.3 cm³/mol. The molecule has 0 fully saturated rings. The number of nitrogens with zero attached hydrogens (tertiary/aromatic N) is 3. The van der Waals surface area contributed by atoms with Gasteiger partial charge < -0.3 is 0 Å². The van der Waals surface area contributed by atoms with Gasteiger partial charge in [0.25, 0.3) is 11.2 Å². The molecule has 0 N–H and O–H groups in total. The van der Waals surface area contributed by atoms with E-state index in [1.807, 2.05) is 31.2 Å². The number of hydrogen-bond donors (Lipinski definition) is 0. The summed E-state index contributed by atoms with van der Waals surface area (Å²) in [7, 11) is 0. The van der Waals surface area contributed by atoms with Crippen molar-refractivity contribution in [2.45, 2.75) is 24.4 Å². The Balaban J connectivity index is 1.94. The van der Waals surface area contributed by atoms with Gasteiger partial charge in [-0.25, -0.2) is 4.98 Å². The molecule has 0 atom stereocenters. The van der Waals surface area contributed by atoms with Gasteiger partial charge in [-0.15, -0.1) is 0 Å². The Kier molecular flexibility index (Phi) is 4.61. The Bertz CT molecular complexity index is 969. The van der Waals surface area contributed by atoms with Gasteiger partial charge in [-0.3, -0.25) is 19.5 Å². The number of non-ortho nitro benzene ring substituents is 1. The first-order valence-electron chi connectivity index (χ1n) is 7.46. The number of fused-ring (bicyclic) bond motifs is 1. The third kappa shape index (κ3) is 3.16. The van der Waals surface area contributed by atoms with Crippen molar-refractivity contribution >= 4 is 28.4 Å². The van der Waals surface area contributed by atoms with Crippen LogP contribution >= 0.6 is 11.8 Å². The standard InChI is InChI=1S/C17H15N3O3S/c1-2-19-16(21)14-8-3-4-9-15(14)18-17(19)24-11-12-6-5-7-13(10-12)20(22)23/h3-10H,2,11H2,1H3. The van der Waals surface area contributed by atoms with Gasteiger partial charge in [-0.2, -0.15) is 0 Å². The molecule has 1 heterocycles. The lowest BCUT2D eigenvalue weighted by atomic mass is 10.2. The second-order valence-corrected chi connectivity index (χ2v) is 6.12. The van der Waals surface area contributed by atoms with Gasteiger partial charge in [0.2, 0.25) is 0 Å². The van der Waals surface area contributed by atoms with E-state index >= 15 is 0 Å². The van der Waals surface area contributed by atoms with E-state index in [1.165, 1.54) is 17.8 Å². The number of nitro groups is 1. The maximum Gasteiger partial charge on any atom is 0.269 e. The summed E-state index contributed by atoms with van der Waals surface area (Å²) in [6.07, 6.45) is 0. The summed E-state index contributed by atoms with van der Waals surface area (Å²) < 4.78 is 1.63. The van der Waals surface area contributed by atoms with Crippen LogP contribution in [0.15, 0.2) is 58.5 Å². The van der Waals surface area contributed by atoms with E-state index in [2.05, 4.69) is 4.98 Å². The van der Waals surface area contributed by atoms with Crippen LogP contribution in [0.3, 0.4) is 0 Å². The van der Waals surface area contributed by atoms with E-state index in [9.17, 15) is 14.9 Å². The lowest BCUT2D eigenvalue weighted by Crippen LogP contribution is -2.22. The fourth-order valence-corrected chi connectivity index (χ4v) is 3.45. The van der Waals surface area contributed by atoms with Crippen LogP contribution in [-0.4, -0.2) is 14.5 Å². The molecule has 0 aliphatic rings. The van der Waals surface area contributed by atoms with Crippen molar-refractivity contribution in [1.29, 1.82) is 0 Å². The van der Waals surface area contributed by atoms with Crippen molar-refractivity contribution in [3.63, 3.8) is 0 Å². The third-order valence-corrected chi connectivity index (χ3v) is 4.68. The molecule has 0 amide bonds. The van der Waals surface area contributed by atoms with Crippen LogP contribution in [0.4, 0.5) is 5.69 Å². The highest BCUT2D eigenvalue weighted by Crippen LogP contribution is 2.24. The van der Waals surface area contributed by atoms with Crippen molar-refractivity contribution in [3.8, 4) is 0 Å². The maximum atomic E-state index is 12.6. The minimum atomic E-state index is -0.412. The number of thioether (sulfide) groups is 1. The smallest absolute Gasteiger partial charge is 0.269 e. The molecule has 0 spiro atoms. The number of aromatic nitrogens is 2. The fraction of sp³-hybridized carbons (Fsp3) is 0.176. The van der Waals surface area contributed by atoms with Gasteiger partial charge >= 0.3 is 0 Å². The van der Waals surface area contributed by atoms with E-state index in [0.29, 0.717) is 28.4 Å². The van der Waals surface area contributed by atoms with Crippen LogP contribution in [0.1, 0.15) is 12.5 Å². The Labute approximate surface area is 142 Å². The van der Waals surface area contributed by atoms with E-state index in [1.54, 1.807) is 22.8 Å². The molecule has 3 rings (SSSR count). The first kappa shape index (κ1) is 16.2. The van der Waals surface area contributed by atoms with Crippen LogP contribution < -0.4 is 5.56 Å². The van der Waals surface area contributed by atoms with Crippen molar-refractivity contribution in [1.82, 2.24) is 9.55 Å². The molecule has 0 radical (unpaired) electrons. The van der Waals surface area contributed by atoms with Crippen LogP contribution in [0.2, 0.25) is 0 Å². The van der Waals surface area contributed by atoms with Crippen LogP contribution in [0.25, 0.3) is 10.9 Å². The number of hydrogen-bond acceptors (Lipinski definition) is 5. The molecule has 0 aliphatic heterocycles. The van der Waals surface area contributed by atoms with Gasteiger partial charge in [-0.1, -0.05) is 36.0 Å². The average Bonchev–Trinajstić information content (AvgIpc) is 2.60. The predicted octanol–water partition coefficient (Wildman–Crippen LogP) is 3.62. The van der Waals surface area contributed by atoms with Crippen molar-refractivity contribution in [3.05, 3.63) is 74.6 Å². The Morgan fingerprint density at radius 1 is 1.21 bits per heavy atom. The molecule has 24 heavy (non-hydrogen) atoms. The van der Waals surface area contributed by atoms with Crippen molar-refractivity contribution < 1.29 is 4.92 Å². The lowest BCUT2D eigenvalue weighted by Gasteiger charge is -2.11. The number of benzene rings is 2. The second-order valence-electron chi connectivity index (χ2n) is 5.18. The molecule has 7 heteroatoms. The number of para-hydroxylation sites is 1. The molecule has 122 valence electrons. The minimum Gasteiger partial charge on any atom is -0.287 e. The summed E-state index contributed by atoms with van der Waals surface area (Å²) in [5, 5.41) is 12.1. The van der Waals surface area contributed by atoms with Crippen LogP contribution in [-0.2, 0) is 12.3 Å². The van der Waals surface area contributed by atoms with E-state index in [0.717, 1.165) is 5.56 Å². The van der Waals surface area contributed by atoms with Crippen molar-refractivity contribution in [2.24, 2.45) is 0 Å². The molecule has 0 unspecified atom stereocenters. The first-order chi connectivity index (χ1) is 11.6. The molecule has 0 saturated heterocycles. The number of nitro benzene ring substituents is 1. The summed E-state index contributed by atoms with van der Waals surface area (Å²) >= 11 is 1.40. The zero-order valence-corrected chi connectivity index (χ0v) is 13.8. The monoisotopic (exact) mass is 341 g/mol. The highest BCUT2D eigenvalue weighted by molar-refractivity contribution is 7.98. The highest BCUT2D eigenvalue weighted by Gasteiger charge is 2.11. The Morgan fingerprint density at radius 2 is 2.00 bits per heavy atom. The summed E-state index contributed by atoms with van der Waals surface area (Å²) in [4.78, 5) is 27.6. The molecule has 6 nitrogen and oxygen atoms in total. The molecular formula is C17H15N3O3S. The largest absolute Gasteiger partial charge is 0.287 e. The molecule has 2 aromatic carbocycles. The summed E-state index contributed by atoms with van der Waals surface area (Å²) in [5.74, 6) is 0.506. The topological polar surface area (TPSA) is 78.0 Å². The summed E-state index contributed by atoms with van der Waals surface area (Å²) in [5.41, 5.74) is 1.48. The molecule has 1 aromatic heterocycles. The molecule has 0 aliphatic carbocycles. The summed E-state index contributed by atoms with van der Waals surface area (Å²) in [6, 6.07) is 13.7. The van der Waals surface area contributed by atoms with E-state index in [-0.39, 0.29) is 11.2 Å². The van der Waals surface area contributed by atoms with Gasteiger partial charge in [0.1, 0.15) is 0 Å². The third-order valence-electron chi connectivity index (χ3n) is 3.63. The zero-order valence-electron chi connectivity index (χ0n) is 13.0. The van der Waals surface area contributed by atoms with Gasteiger partial charge in [0, 0.05) is 24.4 Å². The fourth-order valence-electron chi connectivity index (χ4n) is 2.44. The van der Waals surface area contributed by atoms with E-state index in [4.69, 9.17) is 0 Å². The van der Waals surface area contributed by atoms with Crippen LogP contribution in [0.5, 0.6) is 0 Å². The van der Waals surface area contributed by atoms with Crippen molar-refractivity contribution in [2.75, 3.05) is 0 Å². The lowest BCUT2D eigenvalue weighted by molar-refractivity contribution is -0.384. The van der Waals surface area contributed by atoms with Gasteiger partial charge in [0.05, 0.1) is 15.8 Å². The Hall–Kier alpha value is -2.67. The molecule has 3 aromatic rings. The summed E-state index contributed by atoms with van der Waals surface area (Å²) in [6.45, 7) is 2.42. The second kappa shape index (κ2) is 6.84. The van der Waals surface area contributed by atoms with Crippen LogP contribution in [0, 0.1) is 10.1 Å². The SMILES string of the molecule is CCn1c(SCc2cccc([N+](=O)[O-])c2)nc2ccccc2c1=O. The molecular weight excluding hydrogens is 326 g/mol. The molecule has 0 saturated carbocycles. The maximum absolute atomic E-state index is 12.6. The van der Waals surface area contributed by atoms with Gasteiger partial charge in [-0.05, 0) is 24.6 Å². The zero-order chi connectivity index (χ0) is 17.1. The highest BCUT2D eigenvalue weighted by atomic mass is 32.2.